The quantitative estimate of drug-likeness (QED) is 0.876. The number of amides is 1. The van der Waals surface area contributed by atoms with Crippen LogP contribution in [0, 0.1) is 5.41 Å². The molecule has 26 heavy (non-hydrogen) atoms. The number of hydrogen-bond donors (Lipinski definition) is 2. The molecule has 138 valence electrons. The molecule has 0 bridgehead atoms. The van der Waals surface area contributed by atoms with Gasteiger partial charge in [0.2, 0.25) is 5.91 Å². The SMILES string of the molecule is CN1CC2(CCNCC2)CC1C(=O)NCc1cccc(-n2cccn2)c1. The number of likely N-dealkylation sites (tertiary alicyclic amines) is 1. The van der Waals surface area contributed by atoms with Gasteiger partial charge in [0.05, 0.1) is 11.7 Å². The first kappa shape index (κ1) is 17.2. The van der Waals surface area contributed by atoms with Crippen molar-refractivity contribution in [1.82, 2.24) is 25.3 Å². The summed E-state index contributed by atoms with van der Waals surface area (Å²) in [6.45, 7) is 3.72. The molecule has 1 atom stereocenters. The molecule has 6 nitrogen and oxygen atoms in total. The zero-order valence-corrected chi connectivity index (χ0v) is 15.3. The van der Waals surface area contributed by atoms with Gasteiger partial charge in [-0.1, -0.05) is 12.1 Å². The number of hydrogen-bond acceptors (Lipinski definition) is 4. The predicted molar refractivity (Wildman–Crippen MR) is 101 cm³/mol. The van der Waals surface area contributed by atoms with Gasteiger partial charge in [0.1, 0.15) is 0 Å². The molecule has 2 N–H and O–H groups in total. The van der Waals surface area contributed by atoms with Crippen molar-refractivity contribution in [3.05, 3.63) is 48.3 Å². The number of piperidine rings is 1. The first-order valence-corrected chi connectivity index (χ1v) is 9.43. The fourth-order valence-corrected chi connectivity index (χ4v) is 4.42. The number of benzene rings is 1. The van der Waals surface area contributed by atoms with E-state index in [1.165, 1.54) is 12.8 Å². The van der Waals surface area contributed by atoms with E-state index in [-0.39, 0.29) is 11.9 Å². The maximum Gasteiger partial charge on any atom is 0.237 e. The lowest BCUT2D eigenvalue weighted by molar-refractivity contribution is -0.125. The molecule has 2 saturated heterocycles. The minimum absolute atomic E-state index is 0.0117. The molecule has 1 amide bonds. The van der Waals surface area contributed by atoms with E-state index in [1.54, 1.807) is 6.20 Å². The summed E-state index contributed by atoms with van der Waals surface area (Å²) in [7, 11) is 2.08. The number of aromatic nitrogens is 2. The summed E-state index contributed by atoms with van der Waals surface area (Å²) in [4.78, 5) is 15.0. The molecule has 0 saturated carbocycles. The summed E-state index contributed by atoms with van der Waals surface area (Å²) < 4.78 is 1.83. The van der Waals surface area contributed by atoms with Crippen LogP contribution in [0.5, 0.6) is 0 Å². The molecular formula is C20H27N5O. The fraction of sp³-hybridized carbons (Fsp3) is 0.500. The zero-order valence-electron chi connectivity index (χ0n) is 15.3. The number of likely N-dealkylation sites (N-methyl/N-ethyl adjacent to an activating group) is 1. The van der Waals surface area contributed by atoms with E-state index in [0.717, 1.165) is 37.3 Å². The number of carbonyl (C=O) groups excluding carboxylic acids is 1. The molecule has 1 aromatic heterocycles. The average molecular weight is 353 g/mol. The molecule has 2 aromatic rings. The van der Waals surface area contributed by atoms with Gasteiger partial charge in [-0.3, -0.25) is 9.69 Å². The Balaban J connectivity index is 1.37. The number of carbonyl (C=O) groups is 1. The Kier molecular flexibility index (Phi) is 4.78. The van der Waals surface area contributed by atoms with Crippen molar-refractivity contribution in [1.29, 1.82) is 0 Å². The molecule has 2 aliphatic heterocycles. The fourth-order valence-electron chi connectivity index (χ4n) is 4.42. The van der Waals surface area contributed by atoms with Crippen molar-refractivity contribution < 1.29 is 4.79 Å². The van der Waals surface area contributed by atoms with Crippen LogP contribution in [0.4, 0.5) is 0 Å². The van der Waals surface area contributed by atoms with E-state index in [2.05, 4.69) is 33.7 Å². The van der Waals surface area contributed by atoms with Crippen LogP contribution < -0.4 is 10.6 Å². The van der Waals surface area contributed by atoms with E-state index in [4.69, 9.17) is 0 Å². The summed E-state index contributed by atoms with van der Waals surface area (Å²) in [5, 5.41) is 10.8. The highest BCUT2D eigenvalue weighted by molar-refractivity contribution is 5.82. The van der Waals surface area contributed by atoms with Crippen LogP contribution in [-0.4, -0.2) is 53.3 Å². The first-order chi connectivity index (χ1) is 12.7. The second kappa shape index (κ2) is 7.21. The van der Waals surface area contributed by atoms with Crippen LogP contribution in [0.3, 0.4) is 0 Å². The number of rotatable bonds is 4. The van der Waals surface area contributed by atoms with Crippen molar-refractivity contribution in [2.45, 2.75) is 31.8 Å². The van der Waals surface area contributed by atoms with E-state index in [9.17, 15) is 4.79 Å². The minimum Gasteiger partial charge on any atom is -0.351 e. The molecule has 2 fully saturated rings. The molecule has 1 spiro atoms. The minimum atomic E-state index is -0.0117. The lowest BCUT2D eigenvalue weighted by Crippen LogP contribution is -2.41. The van der Waals surface area contributed by atoms with E-state index < -0.39 is 0 Å². The van der Waals surface area contributed by atoms with Gasteiger partial charge in [-0.05, 0) is 68.6 Å². The van der Waals surface area contributed by atoms with Crippen LogP contribution in [0.25, 0.3) is 5.69 Å². The Labute approximate surface area is 154 Å². The third-order valence-electron chi connectivity index (χ3n) is 5.86. The van der Waals surface area contributed by atoms with Crippen LogP contribution in [0.1, 0.15) is 24.8 Å². The average Bonchev–Trinajstić information content (AvgIpc) is 3.29. The normalized spacial score (nSPS) is 22.6. The number of nitrogens with zero attached hydrogens (tertiary/aromatic N) is 3. The van der Waals surface area contributed by atoms with Gasteiger partial charge in [0, 0.05) is 25.5 Å². The molecule has 1 unspecified atom stereocenters. The van der Waals surface area contributed by atoms with Crippen LogP contribution >= 0.6 is 0 Å². The standard InChI is InChI=1S/C20H27N5O/c1-24-15-20(6-9-21-10-7-20)13-18(24)19(26)22-14-16-4-2-5-17(12-16)25-11-3-8-23-25/h2-5,8,11-12,18,21H,6-7,9-10,13-15H2,1H3,(H,22,26). The van der Waals surface area contributed by atoms with Crippen LogP contribution in [-0.2, 0) is 11.3 Å². The van der Waals surface area contributed by atoms with E-state index >= 15 is 0 Å². The molecule has 6 heteroatoms. The smallest absolute Gasteiger partial charge is 0.237 e. The summed E-state index contributed by atoms with van der Waals surface area (Å²) in [6, 6.07) is 10.0. The maximum absolute atomic E-state index is 12.8. The summed E-state index contributed by atoms with van der Waals surface area (Å²) >= 11 is 0. The highest BCUT2D eigenvalue weighted by Crippen LogP contribution is 2.41. The van der Waals surface area contributed by atoms with Gasteiger partial charge in [-0.15, -0.1) is 0 Å². The Hall–Kier alpha value is -2.18. The second-order valence-electron chi connectivity index (χ2n) is 7.72. The first-order valence-electron chi connectivity index (χ1n) is 9.43. The Bertz CT molecular complexity index is 751. The Morgan fingerprint density at radius 2 is 2.19 bits per heavy atom. The predicted octanol–water partition coefficient (Wildman–Crippen LogP) is 1.56. The highest BCUT2D eigenvalue weighted by atomic mass is 16.2. The largest absolute Gasteiger partial charge is 0.351 e. The van der Waals surface area contributed by atoms with Gasteiger partial charge in [0.15, 0.2) is 0 Å². The van der Waals surface area contributed by atoms with Gasteiger partial charge < -0.3 is 10.6 Å². The molecule has 3 heterocycles. The van der Waals surface area contributed by atoms with Crippen molar-refractivity contribution in [2.75, 3.05) is 26.7 Å². The highest BCUT2D eigenvalue weighted by Gasteiger charge is 2.45. The maximum atomic E-state index is 12.8. The van der Waals surface area contributed by atoms with Crippen LogP contribution in [0.15, 0.2) is 42.7 Å². The molecule has 2 aliphatic rings. The van der Waals surface area contributed by atoms with Crippen molar-refractivity contribution in [2.24, 2.45) is 5.41 Å². The lowest BCUT2D eigenvalue weighted by Gasteiger charge is -2.33. The van der Waals surface area contributed by atoms with E-state index in [1.807, 2.05) is 35.1 Å². The molecule has 0 radical (unpaired) electrons. The molecule has 0 aliphatic carbocycles. The molecule has 1 aromatic carbocycles. The van der Waals surface area contributed by atoms with Gasteiger partial charge in [-0.2, -0.15) is 5.10 Å². The monoisotopic (exact) mass is 353 g/mol. The van der Waals surface area contributed by atoms with Crippen molar-refractivity contribution >= 4 is 5.91 Å². The molecule has 4 rings (SSSR count). The van der Waals surface area contributed by atoms with Gasteiger partial charge in [0.25, 0.3) is 0 Å². The van der Waals surface area contributed by atoms with Crippen molar-refractivity contribution in [3.8, 4) is 5.69 Å². The Morgan fingerprint density at radius 3 is 2.96 bits per heavy atom. The van der Waals surface area contributed by atoms with Crippen molar-refractivity contribution in [3.63, 3.8) is 0 Å². The zero-order chi connectivity index (χ0) is 18.0. The topological polar surface area (TPSA) is 62.2 Å². The van der Waals surface area contributed by atoms with E-state index in [0.29, 0.717) is 12.0 Å². The summed E-state index contributed by atoms with van der Waals surface area (Å²) in [6.07, 6.45) is 7.01. The van der Waals surface area contributed by atoms with Gasteiger partial charge >= 0.3 is 0 Å². The third-order valence-corrected chi connectivity index (χ3v) is 5.86. The Morgan fingerprint density at radius 1 is 1.35 bits per heavy atom. The van der Waals surface area contributed by atoms with Crippen LogP contribution in [0.2, 0.25) is 0 Å². The van der Waals surface area contributed by atoms with Gasteiger partial charge in [-0.25, -0.2) is 4.68 Å². The second-order valence-corrected chi connectivity index (χ2v) is 7.72. The lowest BCUT2D eigenvalue weighted by atomic mass is 9.77. The summed E-state index contributed by atoms with van der Waals surface area (Å²) in [5.41, 5.74) is 2.42. The molecular weight excluding hydrogens is 326 g/mol. The number of nitrogens with one attached hydrogen (secondary N) is 2. The summed E-state index contributed by atoms with van der Waals surface area (Å²) in [5.74, 6) is 0.146. The third kappa shape index (κ3) is 3.52.